The smallest absolute Gasteiger partial charge is 0.0731 e. The fourth-order valence-corrected chi connectivity index (χ4v) is 3.86. The van der Waals surface area contributed by atoms with Crippen LogP contribution in [-0.4, -0.2) is 37.0 Å². The molecule has 2 fully saturated rings. The van der Waals surface area contributed by atoms with Gasteiger partial charge in [-0.25, -0.2) is 0 Å². The van der Waals surface area contributed by atoms with E-state index in [0.29, 0.717) is 18.1 Å². The summed E-state index contributed by atoms with van der Waals surface area (Å²) in [4.78, 5) is 0. The second-order valence-corrected chi connectivity index (χ2v) is 7.00. The zero-order valence-corrected chi connectivity index (χ0v) is 12.6. The highest BCUT2D eigenvalue weighted by molar-refractivity contribution is 5.01. The number of hydrogen-bond donors (Lipinski definition) is 1. The molecule has 2 aliphatic heterocycles. The van der Waals surface area contributed by atoms with E-state index >= 15 is 0 Å². The number of hydrogen-bond acceptors (Lipinski definition) is 3. The summed E-state index contributed by atoms with van der Waals surface area (Å²) in [5.74, 6) is 0.514. The van der Waals surface area contributed by atoms with Crippen molar-refractivity contribution < 1.29 is 9.47 Å². The number of rotatable bonds is 3. The Bertz CT molecular complexity index is 282. The van der Waals surface area contributed by atoms with Crippen molar-refractivity contribution in [1.82, 2.24) is 5.32 Å². The number of nitrogens with one attached hydrogen (secondary N) is 1. The largest absolute Gasteiger partial charge is 0.377 e. The van der Waals surface area contributed by atoms with Gasteiger partial charge in [0.15, 0.2) is 0 Å². The van der Waals surface area contributed by atoms with Crippen molar-refractivity contribution >= 4 is 0 Å². The molecule has 3 nitrogen and oxygen atoms in total. The average molecular weight is 255 g/mol. The van der Waals surface area contributed by atoms with E-state index in [-0.39, 0.29) is 11.2 Å². The summed E-state index contributed by atoms with van der Waals surface area (Å²) in [6, 6.07) is 0.405. The summed E-state index contributed by atoms with van der Waals surface area (Å²) >= 11 is 0. The molecule has 3 atom stereocenters. The molecule has 0 aromatic heterocycles. The molecule has 0 spiro atoms. The molecular formula is C15H29NO2. The molecule has 0 aromatic carbocycles. The summed E-state index contributed by atoms with van der Waals surface area (Å²) in [6.07, 6.45) is 5.14. The second kappa shape index (κ2) is 5.10. The first kappa shape index (κ1) is 14.3. The normalized spacial score (nSPS) is 36.5. The van der Waals surface area contributed by atoms with Crippen LogP contribution in [0.3, 0.4) is 0 Å². The van der Waals surface area contributed by atoms with Crippen molar-refractivity contribution in [3.05, 3.63) is 0 Å². The molecule has 2 aliphatic rings. The third-order valence-electron chi connectivity index (χ3n) is 4.53. The van der Waals surface area contributed by atoms with E-state index in [1.807, 2.05) is 0 Å². The fourth-order valence-electron chi connectivity index (χ4n) is 3.86. The zero-order chi connectivity index (χ0) is 13.4. The van der Waals surface area contributed by atoms with E-state index < -0.39 is 0 Å². The highest BCUT2D eigenvalue weighted by atomic mass is 16.5. The van der Waals surface area contributed by atoms with Gasteiger partial charge in [0.1, 0.15) is 0 Å². The van der Waals surface area contributed by atoms with E-state index in [2.05, 4.69) is 40.1 Å². The van der Waals surface area contributed by atoms with E-state index in [1.165, 1.54) is 19.3 Å². The monoisotopic (exact) mass is 255 g/mol. The maximum atomic E-state index is 6.23. The molecular weight excluding hydrogens is 226 g/mol. The third kappa shape index (κ3) is 2.89. The van der Waals surface area contributed by atoms with Gasteiger partial charge in [-0.3, -0.25) is 0 Å². The SMILES string of the molecule is CNC(C1CCCCO1)C1CC(C)(C)OC1(C)C. The summed E-state index contributed by atoms with van der Waals surface area (Å²) < 4.78 is 12.2. The molecule has 0 saturated carbocycles. The fraction of sp³-hybridized carbons (Fsp3) is 1.00. The predicted molar refractivity (Wildman–Crippen MR) is 73.8 cm³/mol. The van der Waals surface area contributed by atoms with Crippen LogP contribution in [0.15, 0.2) is 0 Å². The van der Waals surface area contributed by atoms with Gasteiger partial charge >= 0.3 is 0 Å². The van der Waals surface area contributed by atoms with Crippen LogP contribution in [0.25, 0.3) is 0 Å². The van der Waals surface area contributed by atoms with Crippen molar-refractivity contribution in [3.63, 3.8) is 0 Å². The van der Waals surface area contributed by atoms with E-state index in [9.17, 15) is 0 Å². The van der Waals surface area contributed by atoms with E-state index in [4.69, 9.17) is 9.47 Å². The lowest BCUT2D eigenvalue weighted by Crippen LogP contribution is -2.51. The quantitative estimate of drug-likeness (QED) is 0.841. The first-order chi connectivity index (χ1) is 8.36. The van der Waals surface area contributed by atoms with Gasteiger partial charge in [0.05, 0.1) is 17.3 Å². The van der Waals surface area contributed by atoms with Crippen LogP contribution < -0.4 is 5.32 Å². The van der Waals surface area contributed by atoms with Gasteiger partial charge in [-0.15, -0.1) is 0 Å². The molecule has 0 aromatic rings. The topological polar surface area (TPSA) is 30.5 Å². The van der Waals surface area contributed by atoms with Gasteiger partial charge in [-0.05, 0) is 60.4 Å². The van der Waals surface area contributed by atoms with Crippen molar-refractivity contribution in [2.24, 2.45) is 5.92 Å². The Balaban J connectivity index is 2.11. The highest BCUT2D eigenvalue weighted by Crippen LogP contribution is 2.45. The van der Waals surface area contributed by atoms with Crippen molar-refractivity contribution in [3.8, 4) is 0 Å². The van der Waals surface area contributed by atoms with Gasteiger partial charge < -0.3 is 14.8 Å². The van der Waals surface area contributed by atoms with Crippen molar-refractivity contribution in [1.29, 1.82) is 0 Å². The van der Waals surface area contributed by atoms with Crippen LogP contribution in [0.1, 0.15) is 53.4 Å². The molecule has 2 saturated heterocycles. The molecule has 0 radical (unpaired) electrons. The molecule has 0 aliphatic carbocycles. The van der Waals surface area contributed by atoms with Crippen LogP contribution >= 0.6 is 0 Å². The minimum atomic E-state index is -0.0714. The van der Waals surface area contributed by atoms with Crippen LogP contribution in [0.2, 0.25) is 0 Å². The molecule has 106 valence electrons. The van der Waals surface area contributed by atoms with E-state index in [1.54, 1.807) is 0 Å². The van der Waals surface area contributed by atoms with Gasteiger partial charge in [0, 0.05) is 18.6 Å². The van der Waals surface area contributed by atoms with Crippen LogP contribution in [-0.2, 0) is 9.47 Å². The lowest BCUT2D eigenvalue weighted by atomic mass is 9.78. The second-order valence-electron chi connectivity index (χ2n) is 7.00. The lowest BCUT2D eigenvalue weighted by molar-refractivity contribution is -0.0895. The molecule has 18 heavy (non-hydrogen) atoms. The number of ether oxygens (including phenoxy) is 2. The van der Waals surface area contributed by atoms with Crippen LogP contribution in [0, 0.1) is 5.92 Å². The Hall–Kier alpha value is -0.120. The molecule has 1 N–H and O–H groups in total. The van der Waals surface area contributed by atoms with Crippen molar-refractivity contribution in [2.45, 2.75) is 76.7 Å². The number of likely N-dealkylation sites (N-methyl/N-ethyl adjacent to an activating group) is 1. The Morgan fingerprint density at radius 1 is 1.17 bits per heavy atom. The van der Waals surface area contributed by atoms with Gasteiger partial charge in [0.2, 0.25) is 0 Å². The molecule has 2 heterocycles. The van der Waals surface area contributed by atoms with Crippen molar-refractivity contribution in [2.75, 3.05) is 13.7 Å². The van der Waals surface area contributed by atoms with Gasteiger partial charge in [-0.1, -0.05) is 0 Å². The highest BCUT2D eigenvalue weighted by Gasteiger charge is 2.50. The Morgan fingerprint density at radius 3 is 2.33 bits per heavy atom. The first-order valence-electron chi connectivity index (χ1n) is 7.35. The minimum Gasteiger partial charge on any atom is -0.377 e. The summed E-state index contributed by atoms with van der Waals surface area (Å²) in [7, 11) is 2.06. The Labute approximate surface area is 112 Å². The summed E-state index contributed by atoms with van der Waals surface area (Å²) in [5, 5.41) is 3.50. The Morgan fingerprint density at radius 2 is 1.89 bits per heavy atom. The molecule has 0 bridgehead atoms. The average Bonchev–Trinajstić information content (AvgIpc) is 2.50. The molecule has 3 heteroatoms. The standard InChI is InChI=1S/C15H29NO2/c1-14(2)10-11(15(3,4)18-14)13(16-5)12-8-6-7-9-17-12/h11-13,16H,6-10H2,1-5H3. The van der Waals surface area contributed by atoms with Gasteiger partial charge in [-0.2, -0.15) is 0 Å². The summed E-state index contributed by atoms with van der Waals surface area (Å²) in [6.45, 7) is 9.76. The minimum absolute atomic E-state index is 0.0159. The maximum absolute atomic E-state index is 6.23. The van der Waals surface area contributed by atoms with Crippen LogP contribution in [0.5, 0.6) is 0 Å². The van der Waals surface area contributed by atoms with Gasteiger partial charge in [0.25, 0.3) is 0 Å². The van der Waals surface area contributed by atoms with E-state index in [0.717, 1.165) is 13.0 Å². The summed E-state index contributed by atoms with van der Waals surface area (Å²) in [5.41, 5.74) is -0.0874. The molecule has 0 amide bonds. The third-order valence-corrected chi connectivity index (χ3v) is 4.53. The zero-order valence-electron chi connectivity index (χ0n) is 12.6. The van der Waals surface area contributed by atoms with Crippen LogP contribution in [0.4, 0.5) is 0 Å². The molecule has 3 unspecified atom stereocenters. The molecule has 2 rings (SSSR count). The lowest BCUT2D eigenvalue weighted by Gasteiger charge is -2.38. The predicted octanol–water partition coefficient (Wildman–Crippen LogP) is 2.74. The first-order valence-corrected chi connectivity index (χ1v) is 7.35. The Kier molecular flexibility index (Phi) is 4.05. The maximum Gasteiger partial charge on any atom is 0.0731 e.